The number of carbonyl (C=O) groups is 1. The molecule has 2 aromatic rings. The van der Waals surface area contributed by atoms with Crippen LogP contribution in [0.2, 0.25) is 0 Å². The summed E-state index contributed by atoms with van der Waals surface area (Å²) in [6.07, 6.45) is 1.63. The highest BCUT2D eigenvalue weighted by Gasteiger charge is 2.12. The van der Waals surface area contributed by atoms with Crippen molar-refractivity contribution >= 4 is 17.5 Å². The maximum absolute atomic E-state index is 13.1. The summed E-state index contributed by atoms with van der Waals surface area (Å²) in [5.74, 6) is -2.27. The number of benzene rings is 1. The molecule has 0 aliphatic heterocycles. The van der Waals surface area contributed by atoms with Crippen LogP contribution in [-0.4, -0.2) is 22.4 Å². The van der Waals surface area contributed by atoms with Crippen LogP contribution >= 0.6 is 0 Å². The molecule has 22 heavy (non-hydrogen) atoms. The van der Waals surface area contributed by atoms with Crippen LogP contribution in [0, 0.1) is 18.6 Å². The maximum atomic E-state index is 13.1. The standard InChI is InChI=1S/C15H14F2N4O/c1-3-6-18-15-19-9(2)7-13(21-15)14(22)20-10-4-5-11(16)12(17)8-10/h3-5,7-8H,1,6H2,2H3,(H,20,22)(H,18,19,21). The van der Waals surface area contributed by atoms with Gasteiger partial charge in [0.1, 0.15) is 5.69 Å². The van der Waals surface area contributed by atoms with Crippen molar-refractivity contribution in [2.45, 2.75) is 6.92 Å². The predicted molar refractivity (Wildman–Crippen MR) is 79.8 cm³/mol. The quantitative estimate of drug-likeness (QED) is 0.834. The molecular formula is C15H14F2N4O. The zero-order chi connectivity index (χ0) is 16.1. The number of carbonyl (C=O) groups excluding carboxylic acids is 1. The van der Waals surface area contributed by atoms with E-state index in [4.69, 9.17) is 0 Å². The van der Waals surface area contributed by atoms with Crippen molar-refractivity contribution in [1.29, 1.82) is 0 Å². The summed E-state index contributed by atoms with van der Waals surface area (Å²) in [6.45, 7) is 5.73. The SMILES string of the molecule is C=CCNc1nc(C)cc(C(=O)Nc2ccc(F)c(F)c2)n1. The molecule has 7 heteroatoms. The number of aryl methyl sites for hydroxylation is 1. The lowest BCUT2D eigenvalue weighted by molar-refractivity contribution is 0.102. The minimum atomic E-state index is -1.04. The molecule has 0 spiro atoms. The van der Waals surface area contributed by atoms with Crippen molar-refractivity contribution < 1.29 is 13.6 Å². The first-order valence-corrected chi connectivity index (χ1v) is 6.46. The monoisotopic (exact) mass is 304 g/mol. The van der Waals surface area contributed by atoms with Gasteiger partial charge in [0.15, 0.2) is 11.6 Å². The Labute approximate surface area is 126 Å². The third-order valence-electron chi connectivity index (χ3n) is 2.67. The Balaban J connectivity index is 2.19. The number of aromatic nitrogens is 2. The molecule has 114 valence electrons. The van der Waals surface area contributed by atoms with Gasteiger partial charge >= 0.3 is 0 Å². The normalized spacial score (nSPS) is 10.1. The van der Waals surface area contributed by atoms with Gasteiger partial charge in [-0.2, -0.15) is 0 Å². The van der Waals surface area contributed by atoms with Gasteiger partial charge < -0.3 is 10.6 Å². The first kappa shape index (κ1) is 15.6. The second kappa shape index (κ2) is 6.75. The van der Waals surface area contributed by atoms with Gasteiger partial charge in [0.2, 0.25) is 5.95 Å². The van der Waals surface area contributed by atoms with Gasteiger partial charge in [-0.1, -0.05) is 6.08 Å². The van der Waals surface area contributed by atoms with Crippen LogP contribution in [-0.2, 0) is 0 Å². The van der Waals surface area contributed by atoms with Crippen LogP contribution in [0.1, 0.15) is 16.2 Å². The molecule has 2 rings (SSSR count). The molecule has 0 unspecified atom stereocenters. The molecule has 2 N–H and O–H groups in total. The van der Waals surface area contributed by atoms with E-state index in [0.29, 0.717) is 12.2 Å². The highest BCUT2D eigenvalue weighted by Crippen LogP contribution is 2.14. The number of anilines is 2. The summed E-state index contributed by atoms with van der Waals surface area (Å²) < 4.78 is 26.0. The molecule has 0 saturated heterocycles. The molecule has 1 aromatic carbocycles. The van der Waals surface area contributed by atoms with E-state index in [1.165, 1.54) is 12.1 Å². The van der Waals surface area contributed by atoms with E-state index in [-0.39, 0.29) is 17.3 Å². The predicted octanol–water partition coefficient (Wildman–Crippen LogP) is 2.91. The molecule has 1 aromatic heterocycles. The zero-order valence-electron chi connectivity index (χ0n) is 11.9. The van der Waals surface area contributed by atoms with E-state index in [1.807, 2.05) is 0 Å². The minimum Gasteiger partial charge on any atom is -0.351 e. The Bertz CT molecular complexity index is 719. The third kappa shape index (κ3) is 3.85. The lowest BCUT2D eigenvalue weighted by atomic mass is 10.2. The van der Waals surface area contributed by atoms with E-state index < -0.39 is 17.5 Å². The lowest BCUT2D eigenvalue weighted by Gasteiger charge is -2.08. The smallest absolute Gasteiger partial charge is 0.274 e. The van der Waals surface area contributed by atoms with Gasteiger partial charge in [-0.3, -0.25) is 4.79 Å². The molecule has 0 saturated carbocycles. The number of hydrogen-bond donors (Lipinski definition) is 2. The van der Waals surface area contributed by atoms with E-state index in [0.717, 1.165) is 12.1 Å². The number of amides is 1. The van der Waals surface area contributed by atoms with Crippen molar-refractivity contribution in [3.8, 4) is 0 Å². The Hall–Kier alpha value is -2.83. The molecule has 0 radical (unpaired) electrons. The Kier molecular flexibility index (Phi) is 4.77. The topological polar surface area (TPSA) is 66.9 Å². The van der Waals surface area contributed by atoms with E-state index in [1.54, 1.807) is 13.0 Å². The third-order valence-corrected chi connectivity index (χ3v) is 2.67. The number of nitrogens with one attached hydrogen (secondary N) is 2. The summed E-state index contributed by atoms with van der Waals surface area (Å²) in [6, 6.07) is 4.60. The fraction of sp³-hybridized carbons (Fsp3) is 0.133. The number of nitrogens with zero attached hydrogens (tertiary/aromatic N) is 2. The molecule has 0 bridgehead atoms. The largest absolute Gasteiger partial charge is 0.351 e. The molecule has 0 atom stereocenters. The average molecular weight is 304 g/mol. The summed E-state index contributed by atoms with van der Waals surface area (Å²) >= 11 is 0. The first-order valence-electron chi connectivity index (χ1n) is 6.46. The van der Waals surface area contributed by atoms with Gasteiger partial charge in [-0.25, -0.2) is 18.7 Å². The molecule has 1 heterocycles. The molecule has 0 aliphatic rings. The van der Waals surface area contributed by atoms with Crippen molar-refractivity contribution in [1.82, 2.24) is 9.97 Å². The number of hydrogen-bond acceptors (Lipinski definition) is 4. The van der Waals surface area contributed by atoms with Crippen LogP contribution in [0.3, 0.4) is 0 Å². The second-order valence-electron chi connectivity index (χ2n) is 4.47. The Morgan fingerprint density at radius 2 is 2.05 bits per heavy atom. The Morgan fingerprint density at radius 3 is 2.73 bits per heavy atom. The van der Waals surface area contributed by atoms with E-state index in [9.17, 15) is 13.6 Å². The lowest BCUT2D eigenvalue weighted by Crippen LogP contribution is -2.16. The van der Waals surface area contributed by atoms with Crippen LogP contribution in [0.4, 0.5) is 20.4 Å². The van der Waals surface area contributed by atoms with Crippen molar-refractivity contribution in [3.63, 3.8) is 0 Å². The Morgan fingerprint density at radius 1 is 1.27 bits per heavy atom. The average Bonchev–Trinajstić information content (AvgIpc) is 2.48. The van der Waals surface area contributed by atoms with Crippen molar-refractivity contribution in [2.75, 3.05) is 17.2 Å². The molecular weight excluding hydrogens is 290 g/mol. The van der Waals surface area contributed by atoms with Gasteiger partial charge in [-0.05, 0) is 25.1 Å². The highest BCUT2D eigenvalue weighted by molar-refractivity contribution is 6.03. The fourth-order valence-electron chi connectivity index (χ4n) is 1.70. The number of halogens is 2. The molecule has 1 amide bonds. The minimum absolute atomic E-state index is 0.115. The van der Waals surface area contributed by atoms with E-state index >= 15 is 0 Å². The second-order valence-corrected chi connectivity index (χ2v) is 4.47. The van der Waals surface area contributed by atoms with E-state index in [2.05, 4.69) is 27.2 Å². The van der Waals surface area contributed by atoms with Crippen molar-refractivity contribution in [2.24, 2.45) is 0 Å². The van der Waals surface area contributed by atoms with Crippen LogP contribution in [0.25, 0.3) is 0 Å². The highest BCUT2D eigenvalue weighted by atomic mass is 19.2. The fourth-order valence-corrected chi connectivity index (χ4v) is 1.70. The van der Waals surface area contributed by atoms with Crippen molar-refractivity contribution in [3.05, 3.63) is 59.9 Å². The summed E-state index contributed by atoms with van der Waals surface area (Å²) in [5.41, 5.74) is 0.849. The van der Waals surface area contributed by atoms with Gasteiger partial charge in [0.25, 0.3) is 5.91 Å². The number of rotatable bonds is 5. The van der Waals surface area contributed by atoms with Crippen LogP contribution in [0.5, 0.6) is 0 Å². The van der Waals surface area contributed by atoms with Gasteiger partial charge in [0, 0.05) is 24.0 Å². The summed E-state index contributed by atoms with van der Waals surface area (Å²) in [7, 11) is 0. The molecule has 0 fully saturated rings. The van der Waals surface area contributed by atoms with Crippen LogP contribution < -0.4 is 10.6 Å². The first-order chi connectivity index (χ1) is 10.5. The van der Waals surface area contributed by atoms with Gasteiger partial charge in [-0.15, -0.1) is 6.58 Å². The summed E-state index contributed by atoms with van der Waals surface area (Å²) in [4.78, 5) is 20.3. The molecule has 0 aliphatic carbocycles. The zero-order valence-corrected chi connectivity index (χ0v) is 11.9. The maximum Gasteiger partial charge on any atom is 0.274 e. The summed E-state index contributed by atoms with van der Waals surface area (Å²) in [5, 5.41) is 5.33. The van der Waals surface area contributed by atoms with Crippen LogP contribution in [0.15, 0.2) is 36.9 Å². The van der Waals surface area contributed by atoms with Gasteiger partial charge in [0.05, 0.1) is 0 Å². The molecule has 5 nitrogen and oxygen atoms in total.